The Kier molecular flexibility index (Phi) is 4.11. The molecule has 4 rings (SSSR count). The zero-order valence-corrected chi connectivity index (χ0v) is 15.1. The van der Waals surface area contributed by atoms with Gasteiger partial charge in [-0.15, -0.1) is 0 Å². The number of allylic oxidation sites excluding steroid dienone is 1. The number of rotatable bonds is 2. The van der Waals surface area contributed by atoms with Crippen LogP contribution in [0.25, 0.3) is 0 Å². The average molecular weight is 335 g/mol. The SMILES string of the molecule is C[C@]12CC=C(C[NH+]([O-])O)C[C@@H]1CC[C@H]1[C@@H]2CC[C@]2(C)[C@@H](O)CC[C@@H]12. The lowest BCUT2D eigenvalue weighted by atomic mass is 9.45. The molecule has 0 aromatic heterocycles. The van der Waals surface area contributed by atoms with Crippen LogP contribution >= 0.6 is 0 Å². The molecule has 8 atom stereocenters. The molecule has 0 spiro atoms. The van der Waals surface area contributed by atoms with E-state index in [1.807, 2.05) is 0 Å². The van der Waals surface area contributed by atoms with Crippen molar-refractivity contribution < 1.29 is 15.5 Å². The third-order valence-electron chi connectivity index (χ3n) is 8.73. The van der Waals surface area contributed by atoms with Gasteiger partial charge in [-0.2, -0.15) is 0 Å². The first kappa shape index (κ1) is 17.0. The summed E-state index contributed by atoms with van der Waals surface area (Å²) in [5, 5.41) is 30.0. The van der Waals surface area contributed by atoms with Gasteiger partial charge in [0.15, 0.2) is 0 Å². The number of hydrogen-bond donors (Lipinski definition) is 3. The van der Waals surface area contributed by atoms with E-state index in [2.05, 4.69) is 19.9 Å². The first-order valence-corrected chi connectivity index (χ1v) is 9.92. The van der Waals surface area contributed by atoms with Crippen molar-refractivity contribution >= 4 is 0 Å². The van der Waals surface area contributed by atoms with Crippen LogP contribution < -0.4 is 5.23 Å². The Bertz CT molecular complexity index is 533. The van der Waals surface area contributed by atoms with Crippen LogP contribution in [0.15, 0.2) is 11.6 Å². The van der Waals surface area contributed by atoms with Crippen molar-refractivity contribution in [2.45, 2.75) is 71.3 Å². The second-order valence-electron chi connectivity index (χ2n) is 9.64. The molecular formula is C20H33NO3. The summed E-state index contributed by atoms with van der Waals surface area (Å²) >= 11 is 0. The maximum Gasteiger partial charge on any atom is 0.128 e. The normalized spacial score (nSPS) is 52.0. The number of fused-ring (bicyclic) bond motifs is 5. The number of hydrogen-bond acceptors (Lipinski definition) is 3. The molecule has 4 aliphatic carbocycles. The van der Waals surface area contributed by atoms with E-state index >= 15 is 0 Å². The fourth-order valence-electron chi connectivity index (χ4n) is 7.26. The van der Waals surface area contributed by atoms with Gasteiger partial charge >= 0.3 is 0 Å². The van der Waals surface area contributed by atoms with Crippen LogP contribution in [0.5, 0.6) is 0 Å². The molecule has 1 unspecified atom stereocenters. The molecule has 0 heterocycles. The highest BCUT2D eigenvalue weighted by Gasteiger charge is 2.59. The summed E-state index contributed by atoms with van der Waals surface area (Å²) in [6.45, 7) is 5.05. The smallest absolute Gasteiger partial charge is 0.128 e. The Morgan fingerprint density at radius 2 is 1.88 bits per heavy atom. The van der Waals surface area contributed by atoms with Gasteiger partial charge in [0.05, 0.1) is 6.10 Å². The number of aliphatic hydroxyl groups is 1. The Morgan fingerprint density at radius 3 is 2.62 bits per heavy atom. The lowest BCUT2D eigenvalue weighted by Gasteiger charge is -2.59. The van der Waals surface area contributed by atoms with E-state index in [-0.39, 0.29) is 18.1 Å². The minimum atomic E-state index is -0.688. The molecular weight excluding hydrogens is 302 g/mol. The summed E-state index contributed by atoms with van der Waals surface area (Å²) in [6.07, 6.45) is 11.4. The molecule has 0 aromatic rings. The van der Waals surface area contributed by atoms with Gasteiger partial charge in [0.1, 0.15) is 6.54 Å². The molecule has 136 valence electrons. The zero-order chi connectivity index (χ0) is 17.1. The maximum absolute atomic E-state index is 11.1. The van der Waals surface area contributed by atoms with Gasteiger partial charge in [-0.3, -0.25) is 0 Å². The van der Waals surface area contributed by atoms with Gasteiger partial charge in [-0.05, 0) is 91.4 Å². The molecule has 0 radical (unpaired) electrons. The molecule has 0 saturated heterocycles. The molecule has 0 bridgehead atoms. The van der Waals surface area contributed by atoms with E-state index < -0.39 is 5.23 Å². The van der Waals surface area contributed by atoms with Gasteiger partial charge in [0.25, 0.3) is 0 Å². The highest BCUT2D eigenvalue weighted by atomic mass is 16.8. The number of nitrogens with one attached hydrogen (secondary N) is 1. The fourth-order valence-corrected chi connectivity index (χ4v) is 7.26. The average Bonchev–Trinajstić information content (AvgIpc) is 2.83. The topological polar surface area (TPSA) is 68.0 Å². The van der Waals surface area contributed by atoms with Crippen LogP contribution in [0.3, 0.4) is 0 Å². The summed E-state index contributed by atoms with van der Waals surface area (Å²) in [4.78, 5) is 0. The predicted molar refractivity (Wildman–Crippen MR) is 92.2 cm³/mol. The molecule has 3 N–H and O–H groups in total. The maximum atomic E-state index is 11.1. The van der Waals surface area contributed by atoms with Gasteiger partial charge in [-0.1, -0.05) is 19.9 Å². The molecule has 0 aliphatic heterocycles. The highest BCUT2D eigenvalue weighted by molar-refractivity contribution is 5.17. The van der Waals surface area contributed by atoms with Crippen LogP contribution in [0.4, 0.5) is 0 Å². The summed E-state index contributed by atoms with van der Waals surface area (Å²) in [7, 11) is 0. The number of hydroxylamine groups is 2. The molecule has 4 nitrogen and oxygen atoms in total. The molecule has 3 fully saturated rings. The Hall–Kier alpha value is -0.420. The summed E-state index contributed by atoms with van der Waals surface area (Å²) in [5.41, 5.74) is 1.66. The molecule has 24 heavy (non-hydrogen) atoms. The van der Waals surface area contributed by atoms with Gasteiger partial charge in [0, 0.05) is 0 Å². The molecule has 4 aliphatic rings. The van der Waals surface area contributed by atoms with Crippen molar-refractivity contribution in [3.8, 4) is 0 Å². The Balaban J connectivity index is 1.57. The van der Waals surface area contributed by atoms with Crippen LogP contribution in [0, 0.1) is 39.7 Å². The first-order chi connectivity index (χ1) is 11.3. The van der Waals surface area contributed by atoms with E-state index in [9.17, 15) is 10.3 Å². The van der Waals surface area contributed by atoms with E-state index in [1.165, 1.54) is 32.1 Å². The van der Waals surface area contributed by atoms with Gasteiger partial charge < -0.3 is 10.3 Å². The van der Waals surface area contributed by atoms with E-state index in [0.717, 1.165) is 36.7 Å². The summed E-state index contributed by atoms with van der Waals surface area (Å²) in [6, 6.07) is 0. The van der Waals surface area contributed by atoms with E-state index in [1.54, 1.807) is 0 Å². The van der Waals surface area contributed by atoms with Crippen molar-refractivity contribution in [2.24, 2.45) is 34.5 Å². The lowest BCUT2D eigenvalue weighted by Crippen LogP contribution is -3.04. The minimum Gasteiger partial charge on any atom is -0.600 e. The number of aliphatic hydroxyl groups excluding tert-OH is 1. The number of quaternary nitrogens is 1. The Labute approximate surface area is 145 Å². The molecule has 4 heteroatoms. The lowest BCUT2D eigenvalue weighted by molar-refractivity contribution is -1.04. The predicted octanol–water partition coefficient (Wildman–Crippen LogP) is 2.70. The second-order valence-corrected chi connectivity index (χ2v) is 9.64. The van der Waals surface area contributed by atoms with Crippen molar-refractivity contribution in [3.63, 3.8) is 0 Å². The minimum absolute atomic E-state index is 0.0950. The standard InChI is InChI=1S/C20H33NO3/c1-19-9-7-13(12-21(23)24)11-14(19)3-4-15-16-5-6-18(22)20(16,2)10-8-17(15)19/h7,14-18,21-23H,3-6,8-12H2,1-2H3/t14-,15+,16-,17-,18-,19-,20-/m0/s1. The van der Waals surface area contributed by atoms with Crippen LogP contribution in [-0.2, 0) is 0 Å². The third-order valence-corrected chi connectivity index (χ3v) is 8.73. The van der Waals surface area contributed by atoms with Crippen molar-refractivity contribution in [1.29, 1.82) is 0 Å². The molecule has 0 aromatic carbocycles. The van der Waals surface area contributed by atoms with Crippen molar-refractivity contribution in [1.82, 2.24) is 0 Å². The van der Waals surface area contributed by atoms with Crippen molar-refractivity contribution in [3.05, 3.63) is 16.9 Å². The van der Waals surface area contributed by atoms with E-state index in [0.29, 0.717) is 17.3 Å². The largest absolute Gasteiger partial charge is 0.600 e. The fraction of sp³-hybridized carbons (Fsp3) is 0.900. The Morgan fingerprint density at radius 1 is 1.12 bits per heavy atom. The quantitative estimate of drug-likeness (QED) is 0.537. The highest BCUT2D eigenvalue weighted by Crippen LogP contribution is 2.65. The van der Waals surface area contributed by atoms with E-state index in [4.69, 9.17) is 5.21 Å². The van der Waals surface area contributed by atoms with Crippen molar-refractivity contribution in [2.75, 3.05) is 6.54 Å². The molecule has 3 saturated carbocycles. The summed E-state index contributed by atoms with van der Waals surface area (Å²) < 4.78 is 0. The molecule has 0 amide bonds. The van der Waals surface area contributed by atoms with Crippen LogP contribution in [-0.4, -0.2) is 23.0 Å². The first-order valence-electron chi connectivity index (χ1n) is 9.92. The van der Waals surface area contributed by atoms with Crippen LogP contribution in [0.1, 0.15) is 65.2 Å². The van der Waals surface area contributed by atoms with Gasteiger partial charge in [-0.25, -0.2) is 10.4 Å². The van der Waals surface area contributed by atoms with Gasteiger partial charge in [0.2, 0.25) is 0 Å². The summed E-state index contributed by atoms with van der Waals surface area (Å²) in [5.74, 6) is 2.90. The second kappa shape index (κ2) is 5.80. The van der Waals surface area contributed by atoms with Crippen LogP contribution in [0.2, 0.25) is 0 Å². The zero-order valence-electron chi connectivity index (χ0n) is 15.1. The monoisotopic (exact) mass is 335 g/mol. The third kappa shape index (κ3) is 2.41.